The van der Waals surface area contributed by atoms with Gasteiger partial charge in [0.2, 0.25) is 11.8 Å². The highest BCUT2D eigenvalue weighted by Gasteiger charge is 2.42. The molecule has 2 aromatic heterocycles. The molecule has 1 aliphatic carbocycles. The fourth-order valence-corrected chi connectivity index (χ4v) is 4.81. The first-order valence-corrected chi connectivity index (χ1v) is 12.0. The zero-order valence-corrected chi connectivity index (χ0v) is 20.6. The van der Waals surface area contributed by atoms with E-state index in [0.717, 1.165) is 12.3 Å². The third-order valence-electron chi connectivity index (χ3n) is 6.66. The maximum atomic E-state index is 14.2. The van der Waals surface area contributed by atoms with Gasteiger partial charge in [0.25, 0.3) is 5.91 Å². The van der Waals surface area contributed by atoms with Gasteiger partial charge in [-0.25, -0.2) is 8.78 Å². The van der Waals surface area contributed by atoms with E-state index in [1.54, 1.807) is 0 Å². The number of aromatic nitrogens is 3. The van der Waals surface area contributed by atoms with Crippen LogP contribution in [-0.2, 0) is 18.0 Å². The van der Waals surface area contributed by atoms with Crippen molar-refractivity contribution in [1.29, 1.82) is 0 Å². The first-order valence-electron chi connectivity index (χ1n) is 12.0. The number of pyridine rings is 1. The molecule has 1 aromatic carbocycles. The van der Waals surface area contributed by atoms with Crippen LogP contribution >= 0.6 is 0 Å². The quantitative estimate of drug-likeness (QED) is 0.416. The van der Waals surface area contributed by atoms with Crippen LogP contribution in [0.25, 0.3) is 11.1 Å². The van der Waals surface area contributed by atoms with Crippen LogP contribution in [0.1, 0.15) is 47.4 Å². The van der Waals surface area contributed by atoms with E-state index in [-0.39, 0.29) is 41.0 Å². The van der Waals surface area contributed by atoms with E-state index in [9.17, 15) is 31.5 Å². The van der Waals surface area contributed by atoms with Gasteiger partial charge in [0.15, 0.2) is 0 Å². The predicted molar refractivity (Wildman–Crippen MR) is 129 cm³/mol. The Kier molecular flexibility index (Phi) is 7.52. The molecule has 1 saturated carbocycles. The summed E-state index contributed by atoms with van der Waals surface area (Å²) in [7, 11) is 1.54. The summed E-state index contributed by atoms with van der Waals surface area (Å²) < 4.78 is 70.3. The number of amides is 2. The molecule has 12 heteroatoms. The van der Waals surface area contributed by atoms with Crippen molar-refractivity contribution in [1.82, 2.24) is 20.1 Å². The minimum atomic E-state index is -4.59. The van der Waals surface area contributed by atoms with Crippen molar-refractivity contribution >= 4 is 17.5 Å². The van der Waals surface area contributed by atoms with Crippen molar-refractivity contribution in [2.24, 2.45) is 13.0 Å². The van der Waals surface area contributed by atoms with Crippen LogP contribution in [0.5, 0.6) is 0 Å². The molecular formula is C26H26F5N5O2. The molecule has 0 aliphatic heterocycles. The lowest BCUT2D eigenvalue weighted by Crippen LogP contribution is -2.51. The molecule has 0 saturated heterocycles. The molecule has 3 aromatic rings. The summed E-state index contributed by atoms with van der Waals surface area (Å²) in [6, 6.07) is 6.71. The smallest absolute Gasteiger partial charge is 0.339 e. The van der Waals surface area contributed by atoms with E-state index in [1.807, 2.05) is 0 Å². The highest BCUT2D eigenvalue weighted by molar-refractivity contribution is 6.00. The summed E-state index contributed by atoms with van der Waals surface area (Å²) in [6.45, 7) is 1.47. The molecule has 0 spiro atoms. The van der Waals surface area contributed by atoms with Crippen molar-refractivity contribution in [3.8, 4) is 11.1 Å². The molecule has 1 aliphatic rings. The molecule has 38 heavy (non-hydrogen) atoms. The third kappa shape index (κ3) is 6.00. The van der Waals surface area contributed by atoms with Crippen molar-refractivity contribution < 1.29 is 31.5 Å². The number of carbonyl (C=O) groups is 2. The van der Waals surface area contributed by atoms with E-state index in [0.29, 0.717) is 6.42 Å². The molecular weight excluding hydrogens is 509 g/mol. The molecule has 2 atom stereocenters. The van der Waals surface area contributed by atoms with Crippen molar-refractivity contribution in [3.05, 3.63) is 65.7 Å². The normalized spacial score (nSPS) is 18.0. The fraction of sp³-hybridized carbons (Fsp3) is 0.385. The van der Waals surface area contributed by atoms with E-state index >= 15 is 0 Å². The molecule has 0 radical (unpaired) electrons. The van der Waals surface area contributed by atoms with Crippen molar-refractivity contribution in [2.75, 3.05) is 5.32 Å². The Balaban J connectivity index is 1.57. The lowest BCUT2D eigenvalue weighted by Gasteiger charge is -2.34. The van der Waals surface area contributed by atoms with Gasteiger partial charge >= 0.3 is 6.18 Å². The zero-order chi connectivity index (χ0) is 27.7. The van der Waals surface area contributed by atoms with Crippen LogP contribution in [0.15, 0.2) is 48.8 Å². The average Bonchev–Trinajstić information content (AvgIpc) is 3.27. The van der Waals surface area contributed by atoms with Crippen LogP contribution in [0, 0.1) is 12.8 Å². The summed E-state index contributed by atoms with van der Waals surface area (Å²) in [6.07, 6.45) is -2.43. The van der Waals surface area contributed by atoms with Gasteiger partial charge in [0, 0.05) is 49.2 Å². The number of carbonyl (C=O) groups excluding carboxylic acids is 2. The summed E-state index contributed by atoms with van der Waals surface area (Å²) in [5.41, 5.74) is -0.0958. The van der Waals surface area contributed by atoms with Gasteiger partial charge in [-0.1, -0.05) is 12.1 Å². The van der Waals surface area contributed by atoms with Crippen LogP contribution in [0.3, 0.4) is 0 Å². The lowest BCUT2D eigenvalue weighted by atomic mass is 9.81. The number of rotatable bonds is 6. The van der Waals surface area contributed by atoms with Gasteiger partial charge in [-0.3, -0.25) is 19.3 Å². The first kappa shape index (κ1) is 27.2. The standard InChI is InChI=1S/C26H26F5N5O2/c1-15-21(19(9-12-32-15)26(29,30)31)16-5-7-18(8-6-16)34-24(38)22(17-4-3-11-25(27,28)14-17)35-23(37)20-10-13-33-36(20)2/h5-10,12-13,17,22H,3-4,11,14H2,1-2H3,(H,34,38)(H,35,37)/t17-,22?/m0/s1. The molecule has 4 rings (SSSR count). The second-order valence-electron chi connectivity index (χ2n) is 9.39. The highest BCUT2D eigenvalue weighted by Crippen LogP contribution is 2.40. The SMILES string of the molecule is Cc1nccc(C(F)(F)F)c1-c1ccc(NC(=O)C(NC(=O)c2ccnn2C)[C@H]2CCCC(F)(F)C2)cc1. The summed E-state index contributed by atoms with van der Waals surface area (Å²) >= 11 is 0. The van der Waals surface area contributed by atoms with Gasteiger partial charge in [-0.05, 0) is 55.5 Å². The highest BCUT2D eigenvalue weighted by atomic mass is 19.4. The molecule has 7 nitrogen and oxygen atoms in total. The van der Waals surface area contributed by atoms with Crippen LogP contribution in [0.4, 0.5) is 27.6 Å². The number of hydrogen-bond acceptors (Lipinski definition) is 4. The van der Waals surface area contributed by atoms with Crippen molar-refractivity contribution in [3.63, 3.8) is 0 Å². The van der Waals surface area contributed by atoms with E-state index < -0.39 is 47.9 Å². The van der Waals surface area contributed by atoms with Gasteiger partial charge in [0.05, 0.1) is 5.56 Å². The summed E-state index contributed by atoms with van der Waals surface area (Å²) in [4.78, 5) is 30.0. The van der Waals surface area contributed by atoms with E-state index in [2.05, 4.69) is 20.7 Å². The number of nitrogens with zero attached hydrogens (tertiary/aromatic N) is 3. The number of anilines is 1. The Morgan fingerprint density at radius 2 is 1.82 bits per heavy atom. The lowest BCUT2D eigenvalue weighted by molar-refractivity contribution is -0.137. The Morgan fingerprint density at radius 3 is 2.42 bits per heavy atom. The maximum absolute atomic E-state index is 14.2. The summed E-state index contributed by atoms with van der Waals surface area (Å²) in [5, 5.41) is 9.10. The Hall–Kier alpha value is -3.83. The second-order valence-corrected chi connectivity index (χ2v) is 9.39. The Morgan fingerprint density at radius 1 is 1.11 bits per heavy atom. The molecule has 0 bridgehead atoms. The number of alkyl halides is 5. The first-order chi connectivity index (χ1) is 17.9. The number of aryl methyl sites for hydroxylation is 2. The fourth-order valence-electron chi connectivity index (χ4n) is 4.81. The van der Waals surface area contributed by atoms with Gasteiger partial charge < -0.3 is 10.6 Å². The summed E-state index contributed by atoms with van der Waals surface area (Å²) in [5.74, 6) is -5.12. The molecule has 2 amide bonds. The van der Waals surface area contributed by atoms with Crippen LogP contribution < -0.4 is 10.6 Å². The topological polar surface area (TPSA) is 88.9 Å². The van der Waals surface area contributed by atoms with Gasteiger partial charge in [0.1, 0.15) is 11.7 Å². The number of nitrogens with one attached hydrogen (secondary N) is 2. The average molecular weight is 536 g/mol. The number of hydrogen-bond donors (Lipinski definition) is 2. The Bertz CT molecular complexity index is 1320. The van der Waals surface area contributed by atoms with E-state index in [1.165, 1.54) is 55.2 Å². The van der Waals surface area contributed by atoms with Gasteiger partial charge in [-0.2, -0.15) is 18.3 Å². The minimum absolute atomic E-state index is 0.0800. The molecule has 2 N–H and O–H groups in total. The maximum Gasteiger partial charge on any atom is 0.417 e. The molecule has 2 heterocycles. The molecule has 1 unspecified atom stereocenters. The number of halogens is 5. The van der Waals surface area contributed by atoms with Crippen molar-refractivity contribution in [2.45, 2.75) is 50.7 Å². The third-order valence-corrected chi connectivity index (χ3v) is 6.66. The molecule has 1 fully saturated rings. The van der Waals surface area contributed by atoms with Crippen LogP contribution in [-0.4, -0.2) is 38.5 Å². The second kappa shape index (κ2) is 10.5. The Labute approximate surface area is 215 Å². The number of benzene rings is 1. The van der Waals surface area contributed by atoms with Gasteiger partial charge in [-0.15, -0.1) is 0 Å². The monoisotopic (exact) mass is 535 g/mol. The zero-order valence-electron chi connectivity index (χ0n) is 20.6. The minimum Gasteiger partial charge on any atom is -0.339 e. The van der Waals surface area contributed by atoms with Crippen LogP contribution in [0.2, 0.25) is 0 Å². The predicted octanol–water partition coefficient (Wildman–Crippen LogP) is 5.37. The van der Waals surface area contributed by atoms with E-state index in [4.69, 9.17) is 0 Å². The molecule has 202 valence electrons. The largest absolute Gasteiger partial charge is 0.417 e.